The van der Waals surface area contributed by atoms with Gasteiger partial charge in [0, 0.05) is 27.7 Å². The first-order valence-electron chi connectivity index (χ1n) is 11.4. The molecule has 4 nitrogen and oxygen atoms in total. The van der Waals surface area contributed by atoms with E-state index in [0.717, 1.165) is 46.2 Å². The molecule has 0 fully saturated rings. The molecule has 6 heteroatoms. The molecule has 0 amide bonds. The molecule has 172 valence electrons. The smallest absolute Gasteiger partial charge is 0.341 e. The van der Waals surface area contributed by atoms with E-state index in [9.17, 15) is 4.79 Å². The number of aliphatic carboxylic acids is 1. The van der Waals surface area contributed by atoms with Gasteiger partial charge in [0.1, 0.15) is 5.75 Å². The van der Waals surface area contributed by atoms with Gasteiger partial charge in [0.15, 0.2) is 10.9 Å². The fourth-order valence-corrected chi connectivity index (χ4v) is 6.77. The van der Waals surface area contributed by atoms with Crippen LogP contribution in [0.2, 0.25) is 0 Å². The van der Waals surface area contributed by atoms with Crippen LogP contribution >= 0.6 is 23.1 Å². The zero-order valence-electron chi connectivity index (χ0n) is 18.6. The number of fused-ring (bicyclic) bond motifs is 3. The van der Waals surface area contributed by atoms with Gasteiger partial charge >= 0.3 is 5.97 Å². The lowest BCUT2D eigenvalue weighted by Gasteiger charge is -2.18. The minimum absolute atomic E-state index is 0.328. The topological polar surface area (TPSA) is 59.4 Å². The van der Waals surface area contributed by atoms with Crippen LogP contribution in [0, 0.1) is 0 Å². The molecule has 0 unspecified atom stereocenters. The van der Waals surface area contributed by atoms with Crippen LogP contribution in [0.3, 0.4) is 0 Å². The second-order valence-corrected chi connectivity index (χ2v) is 10.7. The Hall–Kier alpha value is -3.09. The minimum Gasteiger partial charge on any atom is -0.482 e. The maximum absolute atomic E-state index is 10.9. The lowest BCUT2D eigenvalue weighted by Crippen LogP contribution is -2.12. The predicted molar refractivity (Wildman–Crippen MR) is 138 cm³/mol. The van der Waals surface area contributed by atoms with Gasteiger partial charge in [-0.2, -0.15) is 0 Å². The van der Waals surface area contributed by atoms with Gasteiger partial charge in [0.25, 0.3) is 0 Å². The average Bonchev–Trinajstić information content (AvgIpc) is 3.30. The van der Waals surface area contributed by atoms with Crippen molar-refractivity contribution in [2.45, 2.75) is 29.5 Å². The molecule has 0 radical (unpaired) electrons. The van der Waals surface area contributed by atoms with E-state index in [0.29, 0.717) is 11.7 Å². The summed E-state index contributed by atoms with van der Waals surface area (Å²) in [5.74, 6) is 1.03. The van der Waals surface area contributed by atoms with Crippen molar-refractivity contribution in [3.8, 4) is 17.0 Å². The Labute approximate surface area is 207 Å². The molecule has 1 aromatic heterocycles. The van der Waals surface area contributed by atoms with Crippen molar-refractivity contribution < 1.29 is 14.6 Å². The first kappa shape index (κ1) is 22.7. The van der Waals surface area contributed by atoms with Crippen LogP contribution in [0.25, 0.3) is 11.3 Å². The number of thiazole rings is 1. The van der Waals surface area contributed by atoms with Gasteiger partial charge in [-0.1, -0.05) is 84.6 Å². The minimum atomic E-state index is -0.967. The molecule has 34 heavy (non-hydrogen) atoms. The predicted octanol–water partition coefficient (Wildman–Crippen LogP) is 6.69. The Bertz CT molecular complexity index is 1230. The number of carboxylic acid groups (broad SMARTS) is 1. The highest BCUT2D eigenvalue weighted by atomic mass is 32.2. The molecule has 1 aliphatic carbocycles. The average molecular weight is 488 g/mol. The summed E-state index contributed by atoms with van der Waals surface area (Å²) >= 11 is 3.61. The van der Waals surface area contributed by atoms with Crippen molar-refractivity contribution in [1.82, 2.24) is 4.98 Å². The summed E-state index contributed by atoms with van der Waals surface area (Å²) in [5, 5.41) is 8.97. The molecule has 1 aliphatic rings. The van der Waals surface area contributed by atoms with E-state index in [2.05, 4.69) is 66.7 Å². The van der Waals surface area contributed by atoms with Crippen LogP contribution in [0.5, 0.6) is 5.75 Å². The highest BCUT2D eigenvalue weighted by Gasteiger charge is 2.24. The van der Waals surface area contributed by atoms with Gasteiger partial charge in [0.2, 0.25) is 0 Å². The molecule has 0 saturated heterocycles. The Balaban J connectivity index is 1.31. The fourth-order valence-electron chi connectivity index (χ4n) is 4.49. The Kier molecular flexibility index (Phi) is 6.97. The molecular formula is C28H25NO3S2. The van der Waals surface area contributed by atoms with Crippen LogP contribution in [0.4, 0.5) is 0 Å². The second-order valence-electron chi connectivity index (χ2n) is 8.23. The van der Waals surface area contributed by atoms with Crippen LogP contribution in [0.15, 0.2) is 83.2 Å². The molecule has 0 saturated carbocycles. The number of nitrogens with zero attached hydrogens (tertiary/aromatic N) is 1. The normalized spacial score (nSPS) is 12.3. The molecule has 3 aromatic carbocycles. The van der Waals surface area contributed by atoms with E-state index in [-0.39, 0.29) is 6.61 Å². The first-order valence-corrected chi connectivity index (χ1v) is 13.2. The van der Waals surface area contributed by atoms with Gasteiger partial charge in [-0.15, -0.1) is 11.3 Å². The molecule has 0 bridgehead atoms. The first-order chi connectivity index (χ1) is 16.7. The van der Waals surface area contributed by atoms with Crippen molar-refractivity contribution in [2.24, 2.45) is 0 Å². The molecule has 5 rings (SSSR count). The highest BCUT2D eigenvalue weighted by Crippen LogP contribution is 2.42. The van der Waals surface area contributed by atoms with E-state index in [1.165, 1.54) is 16.0 Å². The number of rotatable bonds is 9. The number of carboxylic acids is 1. The summed E-state index contributed by atoms with van der Waals surface area (Å²) in [7, 11) is 0. The molecule has 1 N–H and O–H groups in total. The van der Waals surface area contributed by atoms with Gasteiger partial charge in [0.05, 0.1) is 5.69 Å². The number of aryl methyl sites for hydroxylation is 1. The highest BCUT2D eigenvalue weighted by molar-refractivity contribution is 8.01. The number of hydrogen-bond acceptors (Lipinski definition) is 5. The molecule has 4 aromatic rings. The van der Waals surface area contributed by atoms with E-state index in [4.69, 9.17) is 14.8 Å². The Morgan fingerprint density at radius 2 is 1.68 bits per heavy atom. The summed E-state index contributed by atoms with van der Waals surface area (Å²) in [4.78, 5) is 17.2. The van der Waals surface area contributed by atoms with Crippen LogP contribution in [-0.4, -0.2) is 28.4 Å². The molecule has 0 aliphatic heterocycles. The van der Waals surface area contributed by atoms with Gasteiger partial charge in [-0.05, 0) is 36.5 Å². The van der Waals surface area contributed by atoms with Crippen LogP contribution in [-0.2, 0) is 17.6 Å². The van der Waals surface area contributed by atoms with Gasteiger partial charge in [-0.3, -0.25) is 0 Å². The monoisotopic (exact) mass is 487 g/mol. The van der Waals surface area contributed by atoms with Gasteiger partial charge < -0.3 is 9.84 Å². The zero-order valence-corrected chi connectivity index (χ0v) is 20.3. The van der Waals surface area contributed by atoms with Gasteiger partial charge in [-0.25, -0.2) is 9.78 Å². The summed E-state index contributed by atoms with van der Waals surface area (Å²) < 4.78 is 6.63. The van der Waals surface area contributed by atoms with E-state index in [1.54, 1.807) is 11.3 Å². The standard InChI is InChI=1S/C28H25NO3S2/c30-26(31)18-32-24-13-7-12-23-22(24)14-15-25-27(23)29-28(34-25)33-17-16-21(19-8-3-1-4-9-19)20-10-5-2-6-11-20/h1-13,21H,14-18H2,(H,30,31). The third-order valence-electron chi connectivity index (χ3n) is 6.06. The Morgan fingerprint density at radius 1 is 0.971 bits per heavy atom. The summed E-state index contributed by atoms with van der Waals surface area (Å²) in [6.45, 7) is -0.328. The number of carbonyl (C=O) groups is 1. The lowest BCUT2D eigenvalue weighted by molar-refractivity contribution is -0.139. The number of thioether (sulfide) groups is 1. The molecule has 0 spiro atoms. The molecule has 1 heterocycles. The van der Waals surface area contributed by atoms with Crippen molar-refractivity contribution in [3.63, 3.8) is 0 Å². The molecular weight excluding hydrogens is 462 g/mol. The number of aromatic nitrogens is 1. The third-order valence-corrected chi connectivity index (χ3v) is 8.35. The number of ether oxygens (including phenoxy) is 1. The third kappa shape index (κ3) is 5.03. The quantitative estimate of drug-likeness (QED) is 0.267. The lowest BCUT2D eigenvalue weighted by atomic mass is 9.89. The SMILES string of the molecule is O=C(O)COc1cccc2c1CCc1sc(SCCC(c3ccccc3)c3ccccc3)nc1-2. The van der Waals surface area contributed by atoms with Crippen molar-refractivity contribution in [3.05, 3.63) is 100 Å². The number of benzene rings is 3. The van der Waals surface area contributed by atoms with Crippen LogP contribution in [0.1, 0.15) is 33.9 Å². The summed E-state index contributed by atoms with van der Waals surface area (Å²) in [6.07, 6.45) is 2.78. The number of hydrogen-bond donors (Lipinski definition) is 1. The maximum Gasteiger partial charge on any atom is 0.341 e. The second kappa shape index (κ2) is 10.5. The summed E-state index contributed by atoms with van der Waals surface area (Å²) in [6, 6.07) is 27.3. The zero-order chi connectivity index (χ0) is 23.3. The van der Waals surface area contributed by atoms with Crippen molar-refractivity contribution in [2.75, 3.05) is 12.4 Å². The van der Waals surface area contributed by atoms with E-state index >= 15 is 0 Å². The largest absolute Gasteiger partial charge is 0.482 e. The van der Waals surface area contributed by atoms with Crippen LogP contribution < -0.4 is 4.74 Å². The van der Waals surface area contributed by atoms with Crippen molar-refractivity contribution in [1.29, 1.82) is 0 Å². The molecule has 0 atom stereocenters. The van der Waals surface area contributed by atoms with E-state index in [1.807, 2.05) is 23.9 Å². The summed E-state index contributed by atoms with van der Waals surface area (Å²) in [5.41, 5.74) is 5.84. The fraction of sp³-hybridized carbons (Fsp3) is 0.214. The maximum atomic E-state index is 10.9. The Morgan fingerprint density at radius 3 is 2.35 bits per heavy atom. The van der Waals surface area contributed by atoms with Crippen molar-refractivity contribution >= 4 is 29.1 Å². The van der Waals surface area contributed by atoms with E-state index < -0.39 is 5.97 Å².